The number of hydrogen-bond donors (Lipinski definition) is 0. The molecule has 1 fully saturated rings. The molecule has 0 aliphatic carbocycles. The number of benzene rings is 1. The summed E-state index contributed by atoms with van der Waals surface area (Å²) in [5, 5.41) is 2.00. The Kier molecular flexibility index (Phi) is 4.23. The quantitative estimate of drug-likeness (QED) is 0.787. The first-order valence-electron chi connectivity index (χ1n) is 6.81. The largest absolute Gasteiger partial charge is 0.243 e. The molecule has 2 aromatic rings. The topological polar surface area (TPSA) is 37.4 Å². The van der Waals surface area contributed by atoms with Gasteiger partial charge in [0.2, 0.25) is 10.0 Å². The van der Waals surface area contributed by atoms with E-state index in [0.29, 0.717) is 11.4 Å². The molecule has 3 rings (SSSR count). The minimum absolute atomic E-state index is 0.0149. The lowest BCUT2D eigenvalue weighted by Gasteiger charge is -2.23. The molecule has 1 aromatic carbocycles. The van der Waals surface area contributed by atoms with Crippen molar-refractivity contribution in [3.8, 4) is 0 Å². The second kappa shape index (κ2) is 5.83. The van der Waals surface area contributed by atoms with Crippen molar-refractivity contribution in [2.24, 2.45) is 0 Å². The van der Waals surface area contributed by atoms with Crippen LogP contribution in [0.3, 0.4) is 0 Å². The molecule has 3 nitrogen and oxygen atoms in total. The molecule has 0 spiro atoms. The zero-order chi connectivity index (χ0) is 15.0. The zero-order valence-corrected chi connectivity index (χ0v) is 14.8. The molecule has 0 unspecified atom stereocenters. The lowest BCUT2D eigenvalue weighted by Crippen LogP contribution is -2.30. The number of sulfonamides is 1. The van der Waals surface area contributed by atoms with Crippen LogP contribution in [-0.4, -0.2) is 19.3 Å². The van der Waals surface area contributed by atoms with Crippen molar-refractivity contribution >= 4 is 37.3 Å². The van der Waals surface area contributed by atoms with E-state index in [9.17, 15) is 8.42 Å². The molecular weight excluding hydrogens is 370 g/mol. The van der Waals surface area contributed by atoms with E-state index in [4.69, 9.17) is 0 Å². The molecule has 1 aliphatic heterocycles. The van der Waals surface area contributed by atoms with E-state index in [1.807, 2.05) is 24.4 Å². The highest BCUT2D eigenvalue weighted by Crippen LogP contribution is 2.38. The van der Waals surface area contributed by atoms with Crippen LogP contribution in [0.25, 0.3) is 0 Å². The number of rotatable bonds is 3. The molecule has 21 heavy (non-hydrogen) atoms. The molecular formula is C15H16BrNO2S2. The fourth-order valence-electron chi connectivity index (χ4n) is 2.71. The monoisotopic (exact) mass is 385 g/mol. The summed E-state index contributed by atoms with van der Waals surface area (Å²) in [7, 11) is -3.43. The summed E-state index contributed by atoms with van der Waals surface area (Å²) in [6, 6.07) is 9.21. The standard InChI is InChI=1S/C15H16BrNO2S2/c1-11-10-12(6-7-13(11)16)21(18,19)17-8-2-4-14(17)15-5-3-9-20-15/h3,5-7,9-10,14H,2,4,8H2,1H3/t14-/m1/s1. The van der Waals surface area contributed by atoms with E-state index in [2.05, 4.69) is 15.9 Å². The van der Waals surface area contributed by atoms with E-state index in [-0.39, 0.29) is 6.04 Å². The van der Waals surface area contributed by atoms with Crippen molar-refractivity contribution in [1.29, 1.82) is 0 Å². The number of thiophene rings is 1. The minimum atomic E-state index is -3.43. The maximum absolute atomic E-state index is 12.9. The molecule has 0 saturated carbocycles. The summed E-state index contributed by atoms with van der Waals surface area (Å²) >= 11 is 5.04. The third kappa shape index (κ3) is 2.82. The second-order valence-corrected chi connectivity index (χ2v) is 8.92. The van der Waals surface area contributed by atoms with Crippen molar-refractivity contribution < 1.29 is 8.42 Å². The van der Waals surface area contributed by atoms with Gasteiger partial charge in [-0.15, -0.1) is 11.3 Å². The Labute approximate surface area is 137 Å². The number of hydrogen-bond acceptors (Lipinski definition) is 3. The molecule has 1 atom stereocenters. The summed E-state index contributed by atoms with van der Waals surface area (Å²) in [5.74, 6) is 0. The van der Waals surface area contributed by atoms with Crippen LogP contribution in [0.1, 0.15) is 29.3 Å². The van der Waals surface area contributed by atoms with Crippen LogP contribution in [0.4, 0.5) is 0 Å². The molecule has 112 valence electrons. The van der Waals surface area contributed by atoms with Gasteiger partial charge >= 0.3 is 0 Å². The van der Waals surface area contributed by atoms with Gasteiger partial charge in [0.25, 0.3) is 0 Å². The Balaban J connectivity index is 1.99. The molecule has 2 heterocycles. The van der Waals surface area contributed by atoms with Crippen LogP contribution < -0.4 is 0 Å². The molecule has 0 radical (unpaired) electrons. The lowest BCUT2D eigenvalue weighted by molar-refractivity contribution is 0.401. The van der Waals surface area contributed by atoms with E-state index in [0.717, 1.165) is 27.8 Å². The average molecular weight is 386 g/mol. The molecule has 1 aromatic heterocycles. The van der Waals surface area contributed by atoms with Crippen LogP contribution in [0.2, 0.25) is 0 Å². The summed E-state index contributed by atoms with van der Waals surface area (Å²) in [6.07, 6.45) is 1.81. The Hall–Kier alpha value is -0.690. The van der Waals surface area contributed by atoms with Crippen molar-refractivity contribution in [2.45, 2.75) is 30.7 Å². The van der Waals surface area contributed by atoms with Crippen LogP contribution in [0.15, 0.2) is 45.1 Å². The molecule has 0 amide bonds. The maximum atomic E-state index is 12.9. The van der Waals surface area contributed by atoms with Crippen LogP contribution >= 0.6 is 27.3 Å². The van der Waals surface area contributed by atoms with E-state index < -0.39 is 10.0 Å². The van der Waals surface area contributed by atoms with Crippen molar-refractivity contribution in [3.63, 3.8) is 0 Å². The van der Waals surface area contributed by atoms with Gasteiger partial charge in [0.1, 0.15) is 0 Å². The van der Waals surface area contributed by atoms with Gasteiger partial charge in [0.05, 0.1) is 10.9 Å². The zero-order valence-electron chi connectivity index (χ0n) is 11.6. The van der Waals surface area contributed by atoms with E-state index in [1.54, 1.807) is 33.8 Å². The average Bonchev–Trinajstić information content (AvgIpc) is 3.11. The Bertz CT molecular complexity index is 741. The summed E-state index contributed by atoms with van der Waals surface area (Å²) in [4.78, 5) is 1.51. The third-order valence-electron chi connectivity index (χ3n) is 3.81. The SMILES string of the molecule is Cc1cc(S(=O)(=O)N2CCC[C@@H]2c2cccs2)ccc1Br. The van der Waals surface area contributed by atoms with E-state index >= 15 is 0 Å². The van der Waals surface area contributed by atoms with Gasteiger partial charge in [0.15, 0.2) is 0 Å². The van der Waals surface area contributed by atoms with Gasteiger partial charge in [-0.1, -0.05) is 22.0 Å². The predicted molar refractivity (Wildman–Crippen MR) is 89.1 cm³/mol. The second-order valence-electron chi connectivity index (χ2n) is 5.20. The Morgan fingerprint density at radius 3 is 2.81 bits per heavy atom. The summed E-state index contributed by atoms with van der Waals surface area (Å²) in [6.45, 7) is 2.50. The molecule has 0 N–H and O–H groups in total. The number of nitrogens with zero attached hydrogens (tertiary/aromatic N) is 1. The molecule has 0 bridgehead atoms. The van der Waals surface area contributed by atoms with Gasteiger partial charge < -0.3 is 0 Å². The van der Waals surface area contributed by atoms with Gasteiger partial charge in [-0.3, -0.25) is 0 Å². The smallest absolute Gasteiger partial charge is 0.207 e. The normalized spacial score (nSPS) is 20.0. The lowest BCUT2D eigenvalue weighted by atomic mass is 10.2. The Morgan fingerprint density at radius 2 is 2.14 bits per heavy atom. The van der Waals surface area contributed by atoms with Crippen molar-refractivity contribution in [3.05, 3.63) is 50.6 Å². The molecule has 6 heteroatoms. The Morgan fingerprint density at radius 1 is 1.33 bits per heavy atom. The minimum Gasteiger partial charge on any atom is -0.207 e. The fourth-order valence-corrected chi connectivity index (χ4v) is 5.65. The predicted octanol–water partition coefficient (Wildman–Crippen LogP) is 4.34. The van der Waals surface area contributed by atoms with Crippen LogP contribution in [0, 0.1) is 6.92 Å². The first-order valence-corrected chi connectivity index (χ1v) is 9.93. The van der Waals surface area contributed by atoms with Crippen LogP contribution in [0.5, 0.6) is 0 Å². The summed E-state index contributed by atoms with van der Waals surface area (Å²) in [5.41, 5.74) is 0.933. The van der Waals surface area contributed by atoms with Crippen LogP contribution in [-0.2, 0) is 10.0 Å². The van der Waals surface area contributed by atoms with Crippen molar-refractivity contribution in [2.75, 3.05) is 6.54 Å². The molecule has 1 saturated heterocycles. The van der Waals surface area contributed by atoms with Gasteiger partial charge in [-0.2, -0.15) is 4.31 Å². The number of aryl methyl sites for hydroxylation is 1. The van der Waals surface area contributed by atoms with Gasteiger partial charge in [-0.05, 0) is 55.0 Å². The maximum Gasteiger partial charge on any atom is 0.243 e. The fraction of sp³-hybridized carbons (Fsp3) is 0.333. The van der Waals surface area contributed by atoms with Gasteiger partial charge in [0, 0.05) is 15.9 Å². The van der Waals surface area contributed by atoms with Crippen molar-refractivity contribution in [1.82, 2.24) is 4.31 Å². The first kappa shape index (κ1) is 15.2. The number of halogens is 1. The van der Waals surface area contributed by atoms with Gasteiger partial charge in [-0.25, -0.2) is 8.42 Å². The summed E-state index contributed by atoms with van der Waals surface area (Å²) < 4.78 is 28.4. The third-order valence-corrected chi connectivity index (χ3v) is 7.58. The molecule has 1 aliphatic rings. The highest BCUT2D eigenvalue weighted by molar-refractivity contribution is 9.10. The van der Waals surface area contributed by atoms with E-state index in [1.165, 1.54) is 0 Å². The highest BCUT2D eigenvalue weighted by atomic mass is 79.9. The highest BCUT2D eigenvalue weighted by Gasteiger charge is 2.36. The first-order chi connectivity index (χ1) is 10.00.